The number of ether oxygens (including phenoxy) is 2. The topological polar surface area (TPSA) is 99.1 Å². The second-order valence-electron chi connectivity index (χ2n) is 3.49. The van der Waals surface area contributed by atoms with Crippen LogP contribution in [0.3, 0.4) is 0 Å². The molecule has 1 aromatic rings. The van der Waals surface area contributed by atoms with Gasteiger partial charge in [-0.3, -0.25) is 4.79 Å². The lowest BCUT2D eigenvalue weighted by Gasteiger charge is -2.04. The summed E-state index contributed by atoms with van der Waals surface area (Å²) < 4.78 is 9.99. The molecule has 0 aliphatic rings. The van der Waals surface area contributed by atoms with E-state index in [0.717, 1.165) is 11.3 Å². The summed E-state index contributed by atoms with van der Waals surface area (Å²) in [4.78, 5) is 31.3. The zero-order valence-corrected chi connectivity index (χ0v) is 12.6. The summed E-state index contributed by atoms with van der Waals surface area (Å²) >= 11 is 1.16. The van der Waals surface area contributed by atoms with Crippen molar-refractivity contribution in [1.82, 2.24) is 4.98 Å². The minimum atomic E-state index is -0.642. The maximum Gasteiger partial charge on any atom is 0.362 e. The van der Waals surface area contributed by atoms with E-state index in [0.29, 0.717) is 24.8 Å². The first-order valence-electron chi connectivity index (χ1n) is 6.33. The first-order chi connectivity index (χ1) is 10.2. The van der Waals surface area contributed by atoms with Crippen LogP contribution in [0.5, 0.6) is 0 Å². The predicted molar refractivity (Wildman–Crippen MR) is 77.4 cm³/mol. The summed E-state index contributed by atoms with van der Waals surface area (Å²) in [5, 5.41) is 8.07. The van der Waals surface area contributed by atoms with Crippen molar-refractivity contribution in [2.45, 2.75) is 13.8 Å². The summed E-state index contributed by atoms with van der Waals surface area (Å²) in [6.07, 6.45) is 0.502. The molecule has 0 radical (unpaired) electrons. The van der Waals surface area contributed by atoms with E-state index in [1.165, 1.54) is 0 Å². The van der Waals surface area contributed by atoms with Crippen molar-refractivity contribution in [2.75, 3.05) is 31.7 Å². The molecule has 1 N–H and O–H groups in total. The third-order valence-corrected chi connectivity index (χ3v) is 2.85. The van der Waals surface area contributed by atoms with Crippen LogP contribution in [0.15, 0.2) is 10.5 Å². The van der Waals surface area contributed by atoms with Crippen LogP contribution in [-0.4, -0.2) is 49.5 Å². The standard InChI is InChI=1S/C12H17N3O5S/c1-3-18-5-6-20-15-10(11(17)19-4-2)9-7-21-12(14-9)13-8-16/h7-8H,3-6H2,1-2H3,(H,13,14,16)/b15-10-. The Labute approximate surface area is 126 Å². The van der Waals surface area contributed by atoms with Crippen molar-refractivity contribution >= 4 is 34.6 Å². The molecule has 0 spiro atoms. The Hall–Kier alpha value is -2.00. The summed E-state index contributed by atoms with van der Waals surface area (Å²) in [7, 11) is 0. The average Bonchev–Trinajstić information content (AvgIpc) is 2.91. The fraction of sp³-hybridized carbons (Fsp3) is 0.500. The number of nitrogens with zero attached hydrogens (tertiary/aromatic N) is 2. The molecule has 0 saturated heterocycles. The van der Waals surface area contributed by atoms with Gasteiger partial charge in [0.25, 0.3) is 0 Å². The Morgan fingerprint density at radius 1 is 1.43 bits per heavy atom. The third kappa shape index (κ3) is 5.88. The van der Waals surface area contributed by atoms with Gasteiger partial charge in [-0.15, -0.1) is 11.3 Å². The summed E-state index contributed by atoms with van der Waals surface area (Å²) in [6, 6.07) is 0. The normalized spacial score (nSPS) is 11.0. The van der Waals surface area contributed by atoms with Gasteiger partial charge >= 0.3 is 5.97 Å². The lowest BCUT2D eigenvalue weighted by Crippen LogP contribution is -2.20. The minimum Gasteiger partial charge on any atom is -0.461 e. The van der Waals surface area contributed by atoms with Crippen LogP contribution in [0, 0.1) is 0 Å². The summed E-state index contributed by atoms with van der Waals surface area (Å²) in [5.41, 5.74) is 0.225. The Balaban J connectivity index is 2.77. The molecular weight excluding hydrogens is 298 g/mol. The van der Waals surface area contributed by atoms with Gasteiger partial charge in [-0.1, -0.05) is 5.16 Å². The number of carbonyl (C=O) groups excluding carboxylic acids is 2. The van der Waals surface area contributed by atoms with Crippen molar-refractivity contribution in [1.29, 1.82) is 0 Å². The van der Waals surface area contributed by atoms with E-state index in [4.69, 9.17) is 14.3 Å². The fourth-order valence-electron chi connectivity index (χ4n) is 1.24. The highest BCUT2D eigenvalue weighted by Gasteiger charge is 2.20. The smallest absolute Gasteiger partial charge is 0.362 e. The number of hydrogen-bond donors (Lipinski definition) is 1. The molecule has 116 valence electrons. The van der Waals surface area contributed by atoms with Gasteiger partial charge in [-0.25, -0.2) is 9.78 Å². The average molecular weight is 315 g/mol. The van der Waals surface area contributed by atoms with Gasteiger partial charge in [0.2, 0.25) is 12.1 Å². The Kier molecular flexibility index (Phi) is 7.99. The van der Waals surface area contributed by atoms with Crippen LogP contribution >= 0.6 is 11.3 Å². The van der Waals surface area contributed by atoms with Crippen molar-refractivity contribution in [2.24, 2.45) is 5.16 Å². The van der Waals surface area contributed by atoms with Crippen molar-refractivity contribution in [3.05, 3.63) is 11.1 Å². The van der Waals surface area contributed by atoms with Gasteiger partial charge in [0, 0.05) is 12.0 Å². The number of amides is 1. The van der Waals surface area contributed by atoms with Crippen LogP contribution in [0.1, 0.15) is 19.5 Å². The molecule has 1 aromatic heterocycles. The van der Waals surface area contributed by atoms with Gasteiger partial charge in [0.15, 0.2) is 5.13 Å². The van der Waals surface area contributed by atoms with Crippen molar-refractivity contribution in [3.8, 4) is 0 Å². The summed E-state index contributed by atoms with van der Waals surface area (Å²) in [6.45, 7) is 4.91. The predicted octanol–water partition coefficient (Wildman–Crippen LogP) is 1.03. The van der Waals surface area contributed by atoms with E-state index < -0.39 is 5.97 Å². The lowest BCUT2D eigenvalue weighted by atomic mass is 10.3. The molecule has 0 aliphatic carbocycles. The fourth-order valence-corrected chi connectivity index (χ4v) is 1.89. The van der Waals surface area contributed by atoms with Gasteiger partial charge in [-0.05, 0) is 13.8 Å². The molecule has 0 unspecified atom stereocenters. The highest BCUT2D eigenvalue weighted by molar-refractivity contribution is 7.14. The number of hydrogen-bond acceptors (Lipinski definition) is 8. The molecule has 0 fully saturated rings. The zero-order valence-electron chi connectivity index (χ0n) is 11.8. The largest absolute Gasteiger partial charge is 0.461 e. The number of anilines is 1. The van der Waals surface area contributed by atoms with Gasteiger partial charge < -0.3 is 19.6 Å². The second-order valence-corrected chi connectivity index (χ2v) is 4.35. The Bertz CT molecular complexity index is 489. The summed E-state index contributed by atoms with van der Waals surface area (Å²) in [5.74, 6) is -0.642. The molecule has 21 heavy (non-hydrogen) atoms. The van der Waals surface area contributed by atoms with E-state index in [-0.39, 0.29) is 24.6 Å². The third-order valence-electron chi connectivity index (χ3n) is 2.08. The molecule has 1 heterocycles. The first kappa shape index (κ1) is 17.1. The van der Waals surface area contributed by atoms with E-state index >= 15 is 0 Å². The number of carbonyl (C=O) groups is 2. The lowest BCUT2D eigenvalue weighted by molar-refractivity contribution is -0.135. The second kappa shape index (κ2) is 9.83. The molecule has 1 amide bonds. The number of nitrogens with one attached hydrogen (secondary N) is 1. The van der Waals surface area contributed by atoms with Crippen molar-refractivity contribution in [3.63, 3.8) is 0 Å². The molecule has 0 aromatic carbocycles. The zero-order chi connectivity index (χ0) is 15.5. The van der Waals surface area contributed by atoms with Crippen LogP contribution < -0.4 is 5.32 Å². The molecule has 9 heteroatoms. The quantitative estimate of drug-likeness (QED) is 0.228. The van der Waals surface area contributed by atoms with Crippen LogP contribution in [0.25, 0.3) is 0 Å². The molecule has 8 nitrogen and oxygen atoms in total. The highest BCUT2D eigenvalue weighted by atomic mass is 32.1. The molecule has 0 atom stereocenters. The monoisotopic (exact) mass is 315 g/mol. The van der Waals surface area contributed by atoms with Crippen LogP contribution in [-0.2, 0) is 23.9 Å². The number of rotatable bonds is 10. The maximum absolute atomic E-state index is 11.8. The molecule has 0 bridgehead atoms. The number of esters is 1. The van der Waals surface area contributed by atoms with Gasteiger partial charge in [0.05, 0.1) is 13.2 Å². The Morgan fingerprint density at radius 2 is 2.24 bits per heavy atom. The number of oxime groups is 1. The molecule has 0 saturated carbocycles. The molecule has 1 rings (SSSR count). The van der Waals surface area contributed by atoms with Gasteiger partial charge in [-0.2, -0.15) is 0 Å². The van der Waals surface area contributed by atoms with Crippen molar-refractivity contribution < 1.29 is 23.9 Å². The first-order valence-corrected chi connectivity index (χ1v) is 7.21. The number of aromatic nitrogens is 1. The van der Waals surface area contributed by atoms with E-state index in [1.54, 1.807) is 12.3 Å². The van der Waals surface area contributed by atoms with Crippen LogP contribution in [0.2, 0.25) is 0 Å². The minimum absolute atomic E-state index is 0.0523. The maximum atomic E-state index is 11.8. The molecule has 0 aliphatic heterocycles. The van der Waals surface area contributed by atoms with Gasteiger partial charge in [0.1, 0.15) is 12.3 Å². The van der Waals surface area contributed by atoms with E-state index in [2.05, 4.69) is 15.5 Å². The Morgan fingerprint density at radius 3 is 2.90 bits per heavy atom. The molecular formula is C12H17N3O5S. The SMILES string of the molecule is CCOCCO/N=C(\C(=O)OCC)c1csc(NC=O)n1. The van der Waals surface area contributed by atoms with E-state index in [1.807, 2.05) is 6.92 Å². The number of thiazole rings is 1. The van der Waals surface area contributed by atoms with Crippen LogP contribution in [0.4, 0.5) is 5.13 Å². The highest BCUT2D eigenvalue weighted by Crippen LogP contribution is 2.16. The van der Waals surface area contributed by atoms with E-state index in [9.17, 15) is 9.59 Å².